The Labute approximate surface area is 156 Å². The maximum Gasteiger partial charge on any atom is 0.262 e. The number of hydrogen-bond acceptors (Lipinski definition) is 4. The predicted octanol–water partition coefficient (Wildman–Crippen LogP) is 3.13. The van der Waals surface area contributed by atoms with E-state index in [-0.39, 0.29) is 17.5 Å². The second-order valence-corrected chi connectivity index (χ2v) is 8.82. The van der Waals surface area contributed by atoms with E-state index in [1.54, 1.807) is 4.57 Å². The standard InChI is InChI=1S/C20H23N3O2S/c24-17(22-18(12-5-6-12)13-7-8-13)11-26-20-21-16-4-2-1-3-15(16)19(25)23(20)14-9-10-14/h1-4,12-14,18H,5-11H2,(H,22,24). The number of thioether (sulfide) groups is 1. The van der Waals surface area contributed by atoms with Crippen LogP contribution in [0.5, 0.6) is 0 Å². The largest absolute Gasteiger partial charge is 0.352 e. The molecule has 1 aromatic heterocycles. The van der Waals surface area contributed by atoms with Gasteiger partial charge in [-0.25, -0.2) is 4.98 Å². The number of fused-ring (bicyclic) bond motifs is 1. The van der Waals surface area contributed by atoms with Gasteiger partial charge in [-0.2, -0.15) is 0 Å². The van der Waals surface area contributed by atoms with Crippen LogP contribution in [0.25, 0.3) is 10.9 Å². The van der Waals surface area contributed by atoms with Crippen LogP contribution in [0.15, 0.2) is 34.2 Å². The second kappa shape index (κ2) is 6.41. The van der Waals surface area contributed by atoms with Crippen LogP contribution in [0.1, 0.15) is 44.6 Å². The minimum Gasteiger partial charge on any atom is -0.352 e. The molecule has 1 aromatic carbocycles. The molecule has 3 aliphatic carbocycles. The van der Waals surface area contributed by atoms with E-state index in [1.807, 2.05) is 24.3 Å². The van der Waals surface area contributed by atoms with Gasteiger partial charge in [-0.15, -0.1) is 0 Å². The second-order valence-electron chi connectivity index (χ2n) is 7.87. The van der Waals surface area contributed by atoms with E-state index in [9.17, 15) is 9.59 Å². The zero-order chi connectivity index (χ0) is 17.7. The van der Waals surface area contributed by atoms with Crippen LogP contribution in [-0.2, 0) is 4.79 Å². The Hall–Kier alpha value is -1.82. The van der Waals surface area contributed by atoms with E-state index < -0.39 is 0 Å². The molecule has 1 N–H and O–H groups in total. The van der Waals surface area contributed by atoms with Crippen molar-refractivity contribution in [1.29, 1.82) is 0 Å². The van der Waals surface area contributed by atoms with Gasteiger partial charge in [0.25, 0.3) is 5.56 Å². The molecule has 3 aliphatic rings. The van der Waals surface area contributed by atoms with Gasteiger partial charge in [0.1, 0.15) is 0 Å². The normalized spacial score (nSPS) is 19.9. The van der Waals surface area contributed by atoms with Crippen LogP contribution in [0.2, 0.25) is 0 Å². The van der Waals surface area contributed by atoms with E-state index in [1.165, 1.54) is 37.4 Å². The first-order valence-corrected chi connectivity index (χ1v) is 10.6. The Morgan fingerprint density at radius 3 is 2.50 bits per heavy atom. The topological polar surface area (TPSA) is 64.0 Å². The smallest absolute Gasteiger partial charge is 0.262 e. The van der Waals surface area contributed by atoms with E-state index in [2.05, 4.69) is 10.3 Å². The first-order chi connectivity index (χ1) is 12.7. The van der Waals surface area contributed by atoms with Crippen LogP contribution in [0, 0.1) is 11.8 Å². The molecule has 3 fully saturated rings. The highest BCUT2D eigenvalue weighted by atomic mass is 32.2. The summed E-state index contributed by atoms with van der Waals surface area (Å²) in [6.07, 6.45) is 7.05. The van der Waals surface area contributed by atoms with E-state index in [0.717, 1.165) is 12.8 Å². The van der Waals surface area contributed by atoms with Crippen molar-refractivity contribution in [1.82, 2.24) is 14.9 Å². The number of nitrogens with zero attached hydrogens (tertiary/aromatic N) is 2. The number of rotatable bonds is 7. The molecule has 26 heavy (non-hydrogen) atoms. The van der Waals surface area contributed by atoms with Crippen LogP contribution >= 0.6 is 11.8 Å². The van der Waals surface area contributed by atoms with E-state index in [0.29, 0.717) is 39.7 Å². The van der Waals surface area contributed by atoms with Crippen molar-refractivity contribution in [2.24, 2.45) is 11.8 Å². The summed E-state index contributed by atoms with van der Waals surface area (Å²) in [7, 11) is 0. The lowest BCUT2D eigenvalue weighted by molar-refractivity contribution is -0.119. The van der Waals surface area contributed by atoms with Crippen molar-refractivity contribution >= 4 is 28.6 Å². The third kappa shape index (κ3) is 3.27. The van der Waals surface area contributed by atoms with Gasteiger partial charge in [-0.05, 0) is 62.5 Å². The summed E-state index contributed by atoms with van der Waals surface area (Å²) in [6.45, 7) is 0. The molecule has 0 radical (unpaired) electrons. The highest BCUT2D eigenvalue weighted by molar-refractivity contribution is 7.99. The Morgan fingerprint density at radius 1 is 1.15 bits per heavy atom. The summed E-state index contributed by atoms with van der Waals surface area (Å²) in [5, 5.41) is 4.60. The number of carbonyl (C=O) groups is 1. The molecule has 5 nitrogen and oxygen atoms in total. The van der Waals surface area contributed by atoms with Gasteiger partial charge >= 0.3 is 0 Å². The van der Waals surface area contributed by atoms with Crippen molar-refractivity contribution in [3.63, 3.8) is 0 Å². The first kappa shape index (κ1) is 16.4. The fourth-order valence-electron chi connectivity index (χ4n) is 3.77. The number of amides is 1. The molecule has 0 atom stereocenters. The SMILES string of the molecule is O=C(CSc1nc2ccccc2c(=O)n1C1CC1)NC(C1CC1)C1CC1. The van der Waals surface area contributed by atoms with Gasteiger partial charge in [-0.3, -0.25) is 14.2 Å². The van der Waals surface area contributed by atoms with Crippen molar-refractivity contribution in [2.45, 2.75) is 55.8 Å². The summed E-state index contributed by atoms with van der Waals surface area (Å²) in [4.78, 5) is 30.0. The summed E-state index contributed by atoms with van der Waals surface area (Å²) in [5.41, 5.74) is 0.737. The number of benzene rings is 1. The fourth-order valence-corrected chi connectivity index (χ4v) is 4.65. The lowest BCUT2D eigenvalue weighted by Gasteiger charge is -2.18. The molecule has 5 rings (SSSR count). The van der Waals surface area contributed by atoms with Crippen molar-refractivity contribution < 1.29 is 4.79 Å². The molecule has 0 spiro atoms. The summed E-state index contributed by atoms with van der Waals surface area (Å²) < 4.78 is 1.81. The molecule has 3 saturated carbocycles. The molecule has 0 aliphatic heterocycles. The average Bonchev–Trinajstić information content (AvgIpc) is 3.48. The van der Waals surface area contributed by atoms with Crippen LogP contribution in [0.4, 0.5) is 0 Å². The Kier molecular flexibility index (Phi) is 4.03. The molecule has 136 valence electrons. The first-order valence-electron chi connectivity index (χ1n) is 9.64. The lowest BCUT2D eigenvalue weighted by Crippen LogP contribution is -2.39. The minimum absolute atomic E-state index is 0.0230. The molecule has 2 aromatic rings. The molecular weight excluding hydrogens is 346 g/mol. The van der Waals surface area contributed by atoms with Crippen LogP contribution < -0.4 is 10.9 Å². The Balaban J connectivity index is 1.34. The number of carbonyl (C=O) groups excluding carboxylic acids is 1. The molecule has 0 unspecified atom stereocenters. The van der Waals surface area contributed by atoms with E-state index in [4.69, 9.17) is 0 Å². The van der Waals surface area contributed by atoms with Gasteiger partial charge in [0, 0.05) is 12.1 Å². The quantitative estimate of drug-likeness (QED) is 0.602. The summed E-state index contributed by atoms with van der Waals surface area (Å²) in [5.74, 6) is 1.79. The van der Waals surface area contributed by atoms with Gasteiger partial charge in [-0.1, -0.05) is 23.9 Å². The number of nitrogens with one attached hydrogen (secondary N) is 1. The molecule has 6 heteroatoms. The number of para-hydroxylation sites is 1. The third-order valence-electron chi connectivity index (χ3n) is 5.61. The van der Waals surface area contributed by atoms with Gasteiger partial charge < -0.3 is 5.32 Å². The zero-order valence-corrected chi connectivity index (χ0v) is 15.5. The molecule has 1 amide bonds. The molecule has 0 bridgehead atoms. The Morgan fingerprint density at radius 2 is 1.85 bits per heavy atom. The van der Waals surface area contributed by atoms with Gasteiger partial charge in [0.15, 0.2) is 5.16 Å². The highest BCUT2D eigenvalue weighted by Crippen LogP contribution is 2.44. The monoisotopic (exact) mass is 369 g/mol. The lowest BCUT2D eigenvalue weighted by atomic mass is 10.1. The minimum atomic E-state index is 0.0230. The van der Waals surface area contributed by atoms with Crippen molar-refractivity contribution in [3.8, 4) is 0 Å². The van der Waals surface area contributed by atoms with Crippen molar-refractivity contribution in [2.75, 3.05) is 5.75 Å². The maximum absolute atomic E-state index is 12.9. The average molecular weight is 369 g/mol. The maximum atomic E-state index is 12.9. The molecule has 1 heterocycles. The summed E-state index contributed by atoms with van der Waals surface area (Å²) in [6, 6.07) is 8.09. The van der Waals surface area contributed by atoms with Gasteiger partial charge in [0.05, 0.1) is 16.7 Å². The van der Waals surface area contributed by atoms with Gasteiger partial charge in [0.2, 0.25) is 5.91 Å². The Bertz CT molecular complexity index is 901. The molecule has 0 saturated heterocycles. The highest BCUT2D eigenvalue weighted by Gasteiger charge is 2.42. The third-order valence-corrected chi connectivity index (χ3v) is 6.56. The van der Waals surface area contributed by atoms with Crippen LogP contribution in [0.3, 0.4) is 0 Å². The zero-order valence-electron chi connectivity index (χ0n) is 14.7. The predicted molar refractivity (Wildman–Crippen MR) is 102 cm³/mol. The fraction of sp³-hybridized carbons (Fsp3) is 0.550. The van der Waals surface area contributed by atoms with Crippen molar-refractivity contribution in [3.05, 3.63) is 34.6 Å². The van der Waals surface area contributed by atoms with Crippen LogP contribution in [-0.4, -0.2) is 27.3 Å². The number of hydrogen-bond donors (Lipinski definition) is 1. The summed E-state index contributed by atoms with van der Waals surface area (Å²) >= 11 is 1.40. The number of aromatic nitrogens is 2. The van der Waals surface area contributed by atoms with E-state index >= 15 is 0 Å². The molecular formula is C20H23N3O2S.